The van der Waals surface area contributed by atoms with Crippen LogP contribution >= 0.6 is 0 Å². The van der Waals surface area contributed by atoms with Crippen LogP contribution in [0.15, 0.2) is 18.2 Å². The number of nitrogen functional groups attached to an aromatic ring is 1. The van der Waals surface area contributed by atoms with Gasteiger partial charge in [-0.25, -0.2) is 4.39 Å². The van der Waals surface area contributed by atoms with E-state index >= 15 is 0 Å². The van der Waals surface area contributed by atoms with Gasteiger partial charge in [-0.15, -0.1) is 0 Å². The van der Waals surface area contributed by atoms with Crippen molar-refractivity contribution in [2.24, 2.45) is 0 Å². The Labute approximate surface area is 124 Å². The normalized spacial score (nSPS) is 20.0. The van der Waals surface area contributed by atoms with E-state index in [-0.39, 0.29) is 23.2 Å². The first-order chi connectivity index (χ1) is 9.78. The number of rotatable bonds is 3. The number of nitrogens with two attached hydrogens (primary N) is 1. The van der Waals surface area contributed by atoms with Crippen LogP contribution in [0, 0.1) is 5.82 Å². The molecule has 1 amide bonds. The van der Waals surface area contributed by atoms with Crippen molar-refractivity contribution in [1.29, 1.82) is 0 Å². The van der Waals surface area contributed by atoms with Crippen LogP contribution in [0.3, 0.4) is 0 Å². The summed E-state index contributed by atoms with van der Waals surface area (Å²) in [6, 6.07) is 3.87. The van der Waals surface area contributed by atoms with Crippen LogP contribution in [-0.4, -0.2) is 42.1 Å². The number of nitrogens with zero attached hydrogens (tertiary/aromatic N) is 1. The lowest BCUT2D eigenvalue weighted by Gasteiger charge is -2.40. The molecule has 21 heavy (non-hydrogen) atoms. The van der Waals surface area contributed by atoms with E-state index < -0.39 is 5.82 Å². The Morgan fingerprint density at radius 1 is 1.52 bits per heavy atom. The Hall–Kier alpha value is -1.66. The number of anilines is 2. The lowest BCUT2D eigenvalue weighted by molar-refractivity contribution is -0.129. The van der Waals surface area contributed by atoms with Crippen LogP contribution < -0.4 is 11.1 Å². The van der Waals surface area contributed by atoms with Crippen LogP contribution in [0.5, 0.6) is 0 Å². The Kier molecular flexibility index (Phi) is 4.49. The maximum atomic E-state index is 13.1. The van der Waals surface area contributed by atoms with Gasteiger partial charge in [0.15, 0.2) is 0 Å². The summed E-state index contributed by atoms with van der Waals surface area (Å²) in [7, 11) is 0. The standard InChI is InChI=1S/C15H22FN3O2/c1-10(19-6-7-21-15(2,3)9-19)14(20)18-11-4-5-12(16)13(17)8-11/h4-5,8,10H,6-7,9,17H2,1-3H3,(H,18,20). The van der Waals surface area contributed by atoms with Crippen molar-refractivity contribution >= 4 is 17.3 Å². The highest BCUT2D eigenvalue weighted by molar-refractivity contribution is 5.94. The van der Waals surface area contributed by atoms with Crippen LogP contribution in [0.4, 0.5) is 15.8 Å². The van der Waals surface area contributed by atoms with Crippen molar-refractivity contribution in [2.75, 3.05) is 30.7 Å². The van der Waals surface area contributed by atoms with E-state index in [2.05, 4.69) is 10.2 Å². The first kappa shape index (κ1) is 15.7. The lowest BCUT2D eigenvalue weighted by Crippen LogP contribution is -2.54. The summed E-state index contributed by atoms with van der Waals surface area (Å²) >= 11 is 0. The van der Waals surface area contributed by atoms with Crippen LogP contribution in [-0.2, 0) is 9.53 Å². The summed E-state index contributed by atoms with van der Waals surface area (Å²) in [6.45, 7) is 7.86. The summed E-state index contributed by atoms with van der Waals surface area (Å²) in [5, 5.41) is 2.77. The molecule has 1 aliphatic heterocycles. The van der Waals surface area contributed by atoms with Gasteiger partial charge in [0.1, 0.15) is 5.82 Å². The van der Waals surface area contributed by atoms with Gasteiger partial charge < -0.3 is 15.8 Å². The zero-order valence-corrected chi connectivity index (χ0v) is 12.6. The molecule has 1 aliphatic rings. The number of hydrogen-bond acceptors (Lipinski definition) is 4. The fourth-order valence-corrected chi connectivity index (χ4v) is 2.42. The molecule has 1 aromatic carbocycles. The molecular weight excluding hydrogens is 273 g/mol. The van der Waals surface area contributed by atoms with E-state index in [1.165, 1.54) is 18.2 Å². The number of ether oxygens (including phenoxy) is 1. The molecule has 1 fully saturated rings. The van der Waals surface area contributed by atoms with Crippen molar-refractivity contribution in [3.8, 4) is 0 Å². The Bertz CT molecular complexity index is 534. The molecule has 0 aromatic heterocycles. The maximum absolute atomic E-state index is 13.1. The minimum atomic E-state index is -0.490. The molecular formula is C15H22FN3O2. The van der Waals surface area contributed by atoms with Gasteiger partial charge >= 0.3 is 0 Å². The summed E-state index contributed by atoms with van der Waals surface area (Å²) in [5.41, 5.74) is 5.76. The van der Waals surface area contributed by atoms with Crippen LogP contribution in [0.2, 0.25) is 0 Å². The SMILES string of the molecule is CC(C(=O)Nc1ccc(F)c(N)c1)N1CCOC(C)(C)C1. The molecule has 6 heteroatoms. The smallest absolute Gasteiger partial charge is 0.241 e. The van der Waals surface area contributed by atoms with Gasteiger partial charge in [0.05, 0.1) is 23.9 Å². The predicted octanol–water partition coefficient (Wildman–Crippen LogP) is 1.85. The maximum Gasteiger partial charge on any atom is 0.241 e. The van der Waals surface area contributed by atoms with E-state index in [9.17, 15) is 9.18 Å². The Morgan fingerprint density at radius 3 is 2.86 bits per heavy atom. The molecule has 2 rings (SSSR count). The second kappa shape index (κ2) is 5.99. The highest BCUT2D eigenvalue weighted by atomic mass is 19.1. The van der Waals surface area contributed by atoms with Gasteiger partial charge in [0.2, 0.25) is 5.91 Å². The predicted molar refractivity (Wildman–Crippen MR) is 80.5 cm³/mol. The molecule has 1 unspecified atom stereocenters. The average Bonchev–Trinajstić information content (AvgIpc) is 2.41. The van der Waals surface area contributed by atoms with Gasteiger partial charge in [-0.05, 0) is 39.0 Å². The average molecular weight is 295 g/mol. The first-order valence-electron chi connectivity index (χ1n) is 7.02. The van der Waals surface area contributed by atoms with Gasteiger partial charge in [-0.3, -0.25) is 9.69 Å². The molecule has 1 saturated heterocycles. The van der Waals surface area contributed by atoms with Gasteiger partial charge in [-0.1, -0.05) is 0 Å². The molecule has 1 heterocycles. The molecule has 1 atom stereocenters. The van der Waals surface area contributed by atoms with Crippen molar-refractivity contribution < 1.29 is 13.9 Å². The lowest BCUT2D eigenvalue weighted by atomic mass is 10.1. The molecule has 0 aliphatic carbocycles. The molecule has 0 bridgehead atoms. The Balaban J connectivity index is 2.00. The number of carbonyl (C=O) groups is 1. The van der Waals surface area contributed by atoms with E-state index in [0.29, 0.717) is 25.4 Å². The van der Waals surface area contributed by atoms with Crippen LogP contribution in [0.25, 0.3) is 0 Å². The number of hydrogen-bond donors (Lipinski definition) is 2. The Morgan fingerprint density at radius 2 is 2.24 bits per heavy atom. The summed E-state index contributed by atoms with van der Waals surface area (Å²) in [4.78, 5) is 14.4. The van der Waals surface area contributed by atoms with Gasteiger partial charge in [0, 0.05) is 18.8 Å². The largest absolute Gasteiger partial charge is 0.396 e. The van der Waals surface area contributed by atoms with Crippen molar-refractivity contribution in [3.05, 3.63) is 24.0 Å². The molecule has 5 nitrogen and oxygen atoms in total. The first-order valence-corrected chi connectivity index (χ1v) is 7.02. The molecule has 0 spiro atoms. The third-order valence-corrected chi connectivity index (χ3v) is 3.65. The second-order valence-corrected chi connectivity index (χ2v) is 5.98. The fourth-order valence-electron chi connectivity index (χ4n) is 2.42. The summed E-state index contributed by atoms with van der Waals surface area (Å²) in [6.07, 6.45) is 0. The third-order valence-electron chi connectivity index (χ3n) is 3.65. The monoisotopic (exact) mass is 295 g/mol. The van der Waals surface area contributed by atoms with Crippen LogP contribution in [0.1, 0.15) is 20.8 Å². The number of morpholine rings is 1. The fraction of sp³-hybridized carbons (Fsp3) is 0.533. The molecule has 0 radical (unpaired) electrons. The van der Waals surface area contributed by atoms with Crippen molar-refractivity contribution in [2.45, 2.75) is 32.4 Å². The van der Waals surface area contributed by atoms with E-state index in [4.69, 9.17) is 10.5 Å². The van der Waals surface area contributed by atoms with Gasteiger partial charge in [0.25, 0.3) is 0 Å². The van der Waals surface area contributed by atoms with E-state index in [0.717, 1.165) is 0 Å². The molecule has 0 saturated carbocycles. The van der Waals surface area contributed by atoms with Crippen molar-refractivity contribution in [3.63, 3.8) is 0 Å². The number of amides is 1. The highest BCUT2D eigenvalue weighted by Gasteiger charge is 2.32. The van der Waals surface area contributed by atoms with E-state index in [1.54, 1.807) is 0 Å². The summed E-state index contributed by atoms with van der Waals surface area (Å²) < 4.78 is 18.8. The minimum absolute atomic E-state index is 0.0213. The van der Waals surface area contributed by atoms with Gasteiger partial charge in [-0.2, -0.15) is 0 Å². The summed E-state index contributed by atoms with van der Waals surface area (Å²) in [5.74, 6) is -0.630. The topological polar surface area (TPSA) is 67.6 Å². The molecule has 116 valence electrons. The van der Waals surface area contributed by atoms with Crippen molar-refractivity contribution in [1.82, 2.24) is 4.90 Å². The highest BCUT2D eigenvalue weighted by Crippen LogP contribution is 2.20. The molecule has 3 N–H and O–H groups in total. The van der Waals surface area contributed by atoms with E-state index in [1.807, 2.05) is 20.8 Å². The molecule has 1 aromatic rings. The number of benzene rings is 1. The quantitative estimate of drug-likeness (QED) is 0.835. The minimum Gasteiger partial charge on any atom is -0.396 e. The zero-order chi connectivity index (χ0) is 15.6. The zero-order valence-electron chi connectivity index (χ0n) is 12.6. The number of carbonyl (C=O) groups excluding carboxylic acids is 1. The number of halogens is 1. The third kappa shape index (κ3) is 3.92. The second-order valence-electron chi connectivity index (χ2n) is 5.98. The number of nitrogens with one attached hydrogen (secondary N) is 1.